The number of amides is 2. The summed E-state index contributed by atoms with van der Waals surface area (Å²) in [6.07, 6.45) is 5.65. The molecule has 1 aliphatic heterocycles. The number of rotatable bonds is 12. The van der Waals surface area contributed by atoms with Gasteiger partial charge in [-0.1, -0.05) is 27.9 Å². The maximum Gasteiger partial charge on any atom is 0.337 e. The smallest absolute Gasteiger partial charge is 0.337 e. The summed E-state index contributed by atoms with van der Waals surface area (Å²) in [5.41, 5.74) is 4.50. The number of esters is 1. The predicted molar refractivity (Wildman–Crippen MR) is 160 cm³/mol. The highest BCUT2D eigenvalue weighted by molar-refractivity contribution is 14.1. The number of nitrogens with zero attached hydrogens (tertiary/aromatic N) is 1. The molecule has 0 saturated heterocycles. The minimum Gasteiger partial charge on any atom is -0.490 e. The number of carbonyl (C=O) groups is 2. The summed E-state index contributed by atoms with van der Waals surface area (Å²) in [7, 11) is 1.27. The molecule has 13 heteroatoms. The molecular formula is C27H28BrIN4O7. The Morgan fingerprint density at radius 3 is 2.77 bits per heavy atom. The van der Waals surface area contributed by atoms with Crippen molar-refractivity contribution in [1.29, 1.82) is 0 Å². The Kier molecular flexibility index (Phi) is 11.5. The second-order valence-corrected chi connectivity index (χ2v) is 10.3. The van der Waals surface area contributed by atoms with E-state index in [2.05, 4.69) is 65.6 Å². The van der Waals surface area contributed by atoms with Crippen LogP contribution in [0.3, 0.4) is 0 Å². The molecule has 2 aromatic rings. The van der Waals surface area contributed by atoms with Crippen molar-refractivity contribution in [1.82, 2.24) is 16.1 Å². The van der Waals surface area contributed by atoms with E-state index < -0.39 is 24.3 Å². The van der Waals surface area contributed by atoms with Crippen molar-refractivity contribution >= 4 is 56.7 Å². The highest BCUT2D eigenvalue weighted by atomic mass is 127. The van der Waals surface area contributed by atoms with Crippen LogP contribution in [0.2, 0.25) is 0 Å². The zero-order valence-electron chi connectivity index (χ0n) is 21.9. The lowest BCUT2D eigenvalue weighted by Crippen LogP contribution is -2.45. The molecule has 2 aromatic carbocycles. The van der Waals surface area contributed by atoms with E-state index in [9.17, 15) is 14.7 Å². The molecule has 1 heterocycles. The molecule has 3 rings (SSSR count). The van der Waals surface area contributed by atoms with Crippen LogP contribution in [-0.2, 0) is 9.53 Å². The third kappa shape index (κ3) is 8.03. The van der Waals surface area contributed by atoms with Gasteiger partial charge in [-0.15, -0.1) is 6.42 Å². The van der Waals surface area contributed by atoms with Crippen molar-refractivity contribution in [3.63, 3.8) is 0 Å². The summed E-state index contributed by atoms with van der Waals surface area (Å²) in [6, 6.07) is 7.47. The van der Waals surface area contributed by atoms with Crippen LogP contribution in [-0.4, -0.2) is 56.5 Å². The second kappa shape index (κ2) is 14.8. The van der Waals surface area contributed by atoms with Crippen molar-refractivity contribution in [3.8, 4) is 29.6 Å². The third-order valence-electron chi connectivity index (χ3n) is 5.44. The van der Waals surface area contributed by atoms with E-state index in [1.54, 1.807) is 25.1 Å². The van der Waals surface area contributed by atoms with Gasteiger partial charge in [0.25, 0.3) is 0 Å². The minimum atomic E-state index is -1.16. The van der Waals surface area contributed by atoms with Gasteiger partial charge in [0.15, 0.2) is 17.7 Å². The number of hydrogen-bond donors (Lipinski definition) is 4. The number of hydrazone groups is 1. The van der Waals surface area contributed by atoms with E-state index in [0.29, 0.717) is 40.7 Å². The number of nitrogens with one attached hydrogen (secondary N) is 3. The number of methoxy groups -OCH3 is 1. The monoisotopic (exact) mass is 726 g/mol. The number of aliphatic hydroxyl groups is 1. The molecule has 2 amide bonds. The summed E-state index contributed by atoms with van der Waals surface area (Å²) >= 11 is 5.58. The third-order valence-corrected chi connectivity index (χ3v) is 6.70. The van der Waals surface area contributed by atoms with Crippen molar-refractivity contribution in [3.05, 3.63) is 60.8 Å². The van der Waals surface area contributed by atoms with Crippen LogP contribution in [0.4, 0.5) is 4.79 Å². The lowest BCUT2D eigenvalue weighted by molar-refractivity contribution is -0.136. The fourth-order valence-electron chi connectivity index (χ4n) is 3.76. The highest BCUT2D eigenvalue weighted by Crippen LogP contribution is 2.35. The van der Waals surface area contributed by atoms with Crippen LogP contribution < -0.4 is 30.3 Å². The standard InChI is InChI=1S/C27H28BrIN4O7/c1-5-9-39-25-17(10-18(28)12-19(25)29)13-30-33-22(34)14-40-20-8-7-16(11-21(20)38-6-2)24-23(26(35)37-4)15(3)31-27(36)32-24/h1,7-8,10-13,22,24,33-34H,6,9,14H2,2-4H3,(H2,31,32,36)/b30-13+/t22-,24-/m1/s1. The lowest BCUT2D eigenvalue weighted by atomic mass is 9.95. The molecule has 4 N–H and O–H groups in total. The Balaban J connectivity index is 1.72. The molecule has 11 nitrogen and oxygen atoms in total. The van der Waals surface area contributed by atoms with E-state index in [1.165, 1.54) is 13.3 Å². The van der Waals surface area contributed by atoms with Gasteiger partial charge in [-0.25, -0.2) is 9.59 Å². The Bertz CT molecular complexity index is 1360. The lowest BCUT2D eigenvalue weighted by Gasteiger charge is -2.28. The summed E-state index contributed by atoms with van der Waals surface area (Å²) in [5.74, 6) is 3.15. The number of urea groups is 1. The van der Waals surface area contributed by atoms with Crippen LogP contribution in [0, 0.1) is 15.9 Å². The molecule has 0 aliphatic carbocycles. The summed E-state index contributed by atoms with van der Waals surface area (Å²) in [5, 5.41) is 19.8. The number of hydrogen-bond acceptors (Lipinski definition) is 9. The zero-order chi connectivity index (χ0) is 29.2. The molecule has 0 saturated carbocycles. The van der Waals surface area contributed by atoms with Gasteiger partial charge in [0.05, 0.1) is 35.1 Å². The largest absolute Gasteiger partial charge is 0.490 e. The van der Waals surface area contributed by atoms with E-state index in [0.717, 1.165) is 8.04 Å². The van der Waals surface area contributed by atoms with Crippen molar-refractivity contribution in [2.24, 2.45) is 5.10 Å². The quantitative estimate of drug-likeness (QED) is 0.0651. The molecule has 2 atom stereocenters. The average Bonchev–Trinajstić information content (AvgIpc) is 2.91. The molecule has 212 valence electrons. The molecule has 0 radical (unpaired) electrons. The molecule has 1 aliphatic rings. The number of carbonyl (C=O) groups excluding carboxylic acids is 2. The van der Waals surface area contributed by atoms with Crippen molar-refractivity contribution in [2.45, 2.75) is 26.1 Å². The first-order valence-corrected chi connectivity index (χ1v) is 13.8. The summed E-state index contributed by atoms with van der Waals surface area (Å²) in [4.78, 5) is 24.5. The van der Waals surface area contributed by atoms with Gasteiger partial charge in [-0.2, -0.15) is 5.10 Å². The Hall–Kier alpha value is -3.48. The first-order valence-electron chi connectivity index (χ1n) is 12.0. The topological polar surface area (TPSA) is 140 Å². The first kappa shape index (κ1) is 31.1. The predicted octanol–water partition coefficient (Wildman–Crippen LogP) is 3.59. The molecule has 0 unspecified atom stereocenters. The van der Waals surface area contributed by atoms with E-state index in [4.69, 9.17) is 25.4 Å². The van der Waals surface area contributed by atoms with E-state index in [1.807, 2.05) is 19.1 Å². The van der Waals surface area contributed by atoms with Gasteiger partial charge in [0.1, 0.15) is 19.0 Å². The van der Waals surface area contributed by atoms with Crippen LogP contribution in [0.15, 0.2) is 51.2 Å². The zero-order valence-corrected chi connectivity index (χ0v) is 25.7. The average molecular weight is 727 g/mol. The van der Waals surface area contributed by atoms with Gasteiger partial charge < -0.3 is 34.7 Å². The number of allylic oxidation sites excluding steroid dienone is 1. The van der Waals surface area contributed by atoms with Crippen molar-refractivity contribution < 1.29 is 33.6 Å². The number of terminal acetylenes is 1. The maximum atomic E-state index is 12.4. The van der Waals surface area contributed by atoms with Gasteiger partial charge in [0.2, 0.25) is 0 Å². The van der Waals surface area contributed by atoms with E-state index in [-0.39, 0.29) is 18.8 Å². The number of benzene rings is 2. The number of aliphatic hydroxyl groups excluding tert-OH is 1. The number of halogens is 2. The summed E-state index contributed by atoms with van der Waals surface area (Å²) < 4.78 is 23.7. The van der Waals surface area contributed by atoms with Crippen molar-refractivity contribution in [2.75, 3.05) is 26.9 Å². The molecule has 40 heavy (non-hydrogen) atoms. The summed E-state index contributed by atoms with van der Waals surface area (Å²) in [6.45, 7) is 3.70. The molecule has 0 bridgehead atoms. The number of ether oxygens (including phenoxy) is 4. The first-order chi connectivity index (χ1) is 19.2. The second-order valence-electron chi connectivity index (χ2n) is 8.21. The van der Waals surface area contributed by atoms with Gasteiger partial charge in [0, 0.05) is 15.7 Å². The van der Waals surface area contributed by atoms with E-state index >= 15 is 0 Å². The molecular weight excluding hydrogens is 699 g/mol. The van der Waals surface area contributed by atoms with Crippen LogP contribution >= 0.6 is 38.5 Å². The van der Waals surface area contributed by atoms with Gasteiger partial charge in [-0.3, -0.25) is 5.43 Å². The maximum absolute atomic E-state index is 12.4. The Labute approximate surface area is 253 Å². The Morgan fingerprint density at radius 2 is 2.08 bits per heavy atom. The van der Waals surface area contributed by atoms with Crippen LogP contribution in [0.25, 0.3) is 0 Å². The van der Waals surface area contributed by atoms with Crippen LogP contribution in [0.5, 0.6) is 17.2 Å². The van der Waals surface area contributed by atoms with Gasteiger partial charge in [-0.05, 0) is 66.3 Å². The van der Waals surface area contributed by atoms with Gasteiger partial charge >= 0.3 is 12.0 Å². The SMILES string of the molecule is C#CCOc1c(I)cc(Br)cc1/C=N/N[C@H](O)COc1ccc([C@H]2NC(=O)NC(C)=C2C(=O)OC)cc1OCC. The molecule has 0 aromatic heterocycles. The normalized spacial score (nSPS) is 15.5. The Morgan fingerprint density at radius 1 is 1.30 bits per heavy atom. The fraction of sp³-hybridized carbons (Fsp3) is 0.296. The molecule has 0 spiro atoms. The minimum absolute atomic E-state index is 0.104. The van der Waals surface area contributed by atoms with Crippen LogP contribution in [0.1, 0.15) is 31.0 Å². The highest BCUT2D eigenvalue weighted by Gasteiger charge is 2.32. The molecule has 0 fully saturated rings. The fourth-order valence-corrected chi connectivity index (χ4v) is 5.46.